The van der Waals surface area contributed by atoms with Crippen LogP contribution in [0.5, 0.6) is 0 Å². The molecule has 0 saturated carbocycles. The maximum atomic E-state index is 13.1. The molecule has 1 amide bonds. The molecule has 3 aliphatic heterocycles. The molecule has 6 nitrogen and oxygen atoms in total. The van der Waals surface area contributed by atoms with Gasteiger partial charge in [-0.25, -0.2) is 4.98 Å². The van der Waals surface area contributed by atoms with E-state index < -0.39 is 0 Å². The van der Waals surface area contributed by atoms with E-state index in [0.29, 0.717) is 11.7 Å². The van der Waals surface area contributed by atoms with Crippen LogP contribution in [-0.4, -0.2) is 55.2 Å². The molecule has 2 bridgehead atoms. The van der Waals surface area contributed by atoms with Crippen molar-refractivity contribution in [3.8, 4) is 11.3 Å². The predicted molar refractivity (Wildman–Crippen MR) is 128 cm³/mol. The summed E-state index contributed by atoms with van der Waals surface area (Å²) in [5, 5.41) is 0.718. The number of piperazine rings is 1. The second-order valence-electron chi connectivity index (χ2n) is 8.83. The molecule has 2 unspecified atom stereocenters. The highest BCUT2D eigenvalue weighted by molar-refractivity contribution is 6.30. The average Bonchev–Trinajstić information content (AvgIpc) is 3.23. The number of hydrogen-bond acceptors (Lipinski definition) is 4. The van der Waals surface area contributed by atoms with Crippen molar-refractivity contribution in [3.63, 3.8) is 0 Å². The van der Waals surface area contributed by atoms with Crippen molar-refractivity contribution in [2.24, 2.45) is 0 Å². The van der Waals surface area contributed by atoms with Crippen molar-refractivity contribution < 1.29 is 4.79 Å². The van der Waals surface area contributed by atoms with Gasteiger partial charge in [0.25, 0.3) is 5.91 Å². The molecule has 1 aromatic carbocycles. The molecule has 3 fully saturated rings. The summed E-state index contributed by atoms with van der Waals surface area (Å²) in [6.07, 6.45) is 5.90. The van der Waals surface area contributed by atoms with Gasteiger partial charge in [-0.15, -0.1) is 0 Å². The van der Waals surface area contributed by atoms with E-state index in [1.165, 1.54) is 5.69 Å². The van der Waals surface area contributed by atoms with Gasteiger partial charge >= 0.3 is 0 Å². The predicted octanol–water partition coefficient (Wildman–Crippen LogP) is 4.54. The van der Waals surface area contributed by atoms with Crippen molar-refractivity contribution >= 4 is 23.2 Å². The normalized spacial score (nSPS) is 20.5. The Morgan fingerprint density at radius 3 is 2.55 bits per heavy atom. The summed E-state index contributed by atoms with van der Waals surface area (Å²) in [5.74, 6) is 0.0432. The number of pyridine rings is 2. The molecule has 7 rings (SSSR count). The van der Waals surface area contributed by atoms with Crippen molar-refractivity contribution in [2.75, 3.05) is 13.1 Å². The summed E-state index contributed by atoms with van der Waals surface area (Å²) in [4.78, 5) is 26.8. The monoisotopic (exact) mass is 457 g/mol. The van der Waals surface area contributed by atoms with Crippen LogP contribution in [0.25, 0.3) is 16.9 Å². The fourth-order valence-corrected chi connectivity index (χ4v) is 5.35. The lowest BCUT2D eigenvalue weighted by Crippen LogP contribution is -2.63. The molecule has 3 saturated heterocycles. The zero-order chi connectivity index (χ0) is 22.4. The van der Waals surface area contributed by atoms with Gasteiger partial charge in [0, 0.05) is 54.7 Å². The number of benzene rings is 1. The number of rotatable bonds is 4. The van der Waals surface area contributed by atoms with Gasteiger partial charge in [0.2, 0.25) is 0 Å². The van der Waals surface area contributed by atoms with Crippen LogP contribution in [0.4, 0.5) is 0 Å². The third-order valence-corrected chi connectivity index (χ3v) is 7.14. The molecule has 0 radical (unpaired) electrons. The van der Waals surface area contributed by atoms with Gasteiger partial charge < -0.3 is 9.30 Å². The van der Waals surface area contributed by atoms with E-state index in [2.05, 4.69) is 20.5 Å². The van der Waals surface area contributed by atoms with Gasteiger partial charge in [0.15, 0.2) is 0 Å². The fraction of sp³-hybridized carbons (Fsp3) is 0.269. The lowest BCUT2D eigenvalue weighted by Gasteiger charge is -2.51. The van der Waals surface area contributed by atoms with Crippen LogP contribution < -0.4 is 0 Å². The molecule has 33 heavy (non-hydrogen) atoms. The number of carbonyl (C=O) groups is 1. The summed E-state index contributed by atoms with van der Waals surface area (Å²) >= 11 is 6.13. The van der Waals surface area contributed by atoms with Crippen molar-refractivity contribution in [2.45, 2.75) is 31.5 Å². The molecule has 4 aromatic rings. The first-order chi connectivity index (χ1) is 16.2. The van der Waals surface area contributed by atoms with Crippen LogP contribution in [0, 0.1) is 0 Å². The Hall–Kier alpha value is -3.22. The molecule has 2 atom stereocenters. The summed E-state index contributed by atoms with van der Waals surface area (Å²) < 4.78 is 2.18. The third kappa shape index (κ3) is 3.69. The standard InChI is InChI=1S/C26H24ClN5O/c27-19-9-7-18(8-10-19)25-23(31-14-4-2-6-24(31)29-25)17-30-15-21-12-11-20(30)16-32(21)26(33)22-5-1-3-13-28-22/h1-10,13-14,20-21H,11-12,15-17H2. The van der Waals surface area contributed by atoms with Gasteiger partial charge in [0.1, 0.15) is 11.3 Å². The zero-order valence-electron chi connectivity index (χ0n) is 18.1. The van der Waals surface area contributed by atoms with Gasteiger partial charge in [-0.3, -0.25) is 14.7 Å². The van der Waals surface area contributed by atoms with Gasteiger partial charge in [-0.1, -0.05) is 35.9 Å². The number of imidazole rings is 1. The van der Waals surface area contributed by atoms with E-state index in [1.807, 2.05) is 59.5 Å². The van der Waals surface area contributed by atoms with Gasteiger partial charge in [-0.05, 0) is 49.2 Å². The molecule has 0 spiro atoms. The Labute approximate surface area is 197 Å². The van der Waals surface area contributed by atoms with Crippen LogP contribution in [0.2, 0.25) is 5.02 Å². The molecule has 0 aliphatic carbocycles. The fourth-order valence-electron chi connectivity index (χ4n) is 5.22. The smallest absolute Gasteiger partial charge is 0.272 e. The largest absolute Gasteiger partial charge is 0.331 e. The maximum Gasteiger partial charge on any atom is 0.272 e. The van der Waals surface area contributed by atoms with Crippen molar-refractivity contribution in [1.29, 1.82) is 0 Å². The molecule has 166 valence electrons. The minimum absolute atomic E-state index is 0.0432. The van der Waals surface area contributed by atoms with Crippen LogP contribution in [0.15, 0.2) is 73.1 Å². The average molecular weight is 458 g/mol. The first-order valence-corrected chi connectivity index (χ1v) is 11.7. The number of halogens is 1. The van der Waals surface area contributed by atoms with E-state index in [1.54, 1.807) is 12.3 Å². The molecule has 6 heterocycles. The Balaban J connectivity index is 1.29. The van der Waals surface area contributed by atoms with Gasteiger partial charge in [-0.2, -0.15) is 0 Å². The number of nitrogens with zero attached hydrogens (tertiary/aromatic N) is 5. The van der Waals surface area contributed by atoms with E-state index >= 15 is 0 Å². The first kappa shape index (κ1) is 20.4. The van der Waals surface area contributed by atoms with Crippen LogP contribution >= 0.6 is 11.6 Å². The van der Waals surface area contributed by atoms with Crippen molar-refractivity contribution in [1.82, 2.24) is 24.2 Å². The molecule has 7 heteroatoms. The highest BCUT2D eigenvalue weighted by Gasteiger charge is 2.41. The molecular weight excluding hydrogens is 434 g/mol. The van der Waals surface area contributed by atoms with E-state index in [4.69, 9.17) is 16.6 Å². The Kier molecular flexibility index (Phi) is 5.12. The molecular formula is C26H24ClN5O. The summed E-state index contributed by atoms with van der Waals surface area (Å²) in [7, 11) is 0. The Bertz CT molecular complexity index is 1300. The topological polar surface area (TPSA) is 53.7 Å². The second kappa shape index (κ2) is 8.28. The minimum atomic E-state index is 0.0432. The number of aromatic nitrogens is 3. The minimum Gasteiger partial charge on any atom is -0.331 e. The van der Waals surface area contributed by atoms with E-state index in [0.717, 1.165) is 54.4 Å². The third-order valence-electron chi connectivity index (χ3n) is 6.89. The zero-order valence-corrected chi connectivity index (χ0v) is 18.9. The second-order valence-corrected chi connectivity index (χ2v) is 9.27. The van der Waals surface area contributed by atoms with Crippen LogP contribution in [-0.2, 0) is 6.54 Å². The first-order valence-electron chi connectivity index (χ1n) is 11.4. The maximum absolute atomic E-state index is 13.1. The summed E-state index contributed by atoms with van der Waals surface area (Å²) in [6, 6.07) is 20.0. The number of fused-ring (bicyclic) bond motifs is 4. The Morgan fingerprint density at radius 2 is 1.79 bits per heavy atom. The van der Waals surface area contributed by atoms with Gasteiger partial charge in [0.05, 0.1) is 11.4 Å². The molecule has 3 aromatic heterocycles. The number of hydrogen-bond donors (Lipinski definition) is 0. The number of piperidine rings is 2. The SMILES string of the molecule is O=C(c1ccccn1)N1CC2CCC1CN2Cc1c(-c2ccc(Cl)cc2)nc2ccccn12. The Morgan fingerprint density at radius 1 is 0.970 bits per heavy atom. The highest BCUT2D eigenvalue weighted by atomic mass is 35.5. The summed E-state index contributed by atoms with van der Waals surface area (Å²) in [5.41, 5.74) is 4.69. The van der Waals surface area contributed by atoms with Crippen LogP contribution in [0.3, 0.4) is 0 Å². The highest BCUT2D eigenvalue weighted by Crippen LogP contribution is 2.33. The summed E-state index contributed by atoms with van der Waals surface area (Å²) in [6.45, 7) is 2.40. The quantitative estimate of drug-likeness (QED) is 0.451. The van der Waals surface area contributed by atoms with Crippen LogP contribution in [0.1, 0.15) is 29.0 Å². The number of amides is 1. The molecule has 0 N–H and O–H groups in total. The molecule has 3 aliphatic rings. The van der Waals surface area contributed by atoms with Crippen molar-refractivity contribution in [3.05, 3.63) is 89.5 Å². The number of carbonyl (C=O) groups excluding carboxylic acids is 1. The lowest BCUT2D eigenvalue weighted by atomic mass is 9.90. The van der Waals surface area contributed by atoms with E-state index in [9.17, 15) is 4.79 Å². The van der Waals surface area contributed by atoms with E-state index in [-0.39, 0.29) is 11.9 Å². The lowest BCUT2D eigenvalue weighted by molar-refractivity contribution is -0.0162.